The van der Waals surface area contributed by atoms with Crippen LogP contribution in [0.25, 0.3) is 0 Å². The van der Waals surface area contributed by atoms with Gasteiger partial charge in [-0.05, 0) is 30.6 Å². The van der Waals surface area contributed by atoms with Crippen LogP contribution in [0.15, 0.2) is 0 Å². The van der Waals surface area contributed by atoms with E-state index in [1.807, 2.05) is 6.92 Å². The fraction of sp³-hybridized carbons (Fsp3) is 0.857. The highest BCUT2D eigenvalue weighted by Crippen LogP contribution is 2.24. The maximum Gasteiger partial charge on any atom is 0.326 e. The van der Waals surface area contributed by atoms with Crippen LogP contribution in [0.1, 0.15) is 47.0 Å². The van der Waals surface area contributed by atoms with Crippen LogP contribution >= 0.6 is 0 Å². The van der Waals surface area contributed by atoms with Gasteiger partial charge in [0.1, 0.15) is 6.04 Å². The van der Waals surface area contributed by atoms with Gasteiger partial charge in [0.15, 0.2) is 0 Å². The third-order valence-corrected chi connectivity index (χ3v) is 4.12. The lowest BCUT2D eigenvalue weighted by atomic mass is 9.90. The van der Waals surface area contributed by atoms with Crippen LogP contribution in [-0.4, -0.2) is 41.1 Å². The normalized spacial score (nSPS) is 24.1. The highest BCUT2D eigenvalue weighted by Gasteiger charge is 2.37. The van der Waals surface area contributed by atoms with Crippen molar-refractivity contribution in [3.05, 3.63) is 0 Å². The number of nitrogens with zero attached hydrogens (tertiary/aromatic N) is 1. The molecule has 19 heavy (non-hydrogen) atoms. The fourth-order valence-corrected chi connectivity index (χ4v) is 2.33. The fourth-order valence-electron chi connectivity index (χ4n) is 2.33. The second-order valence-electron chi connectivity index (χ2n) is 6.27. The van der Waals surface area contributed by atoms with E-state index in [1.54, 1.807) is 0 Å². The van der Waals surface area contributed by atoms with Gasteiger partial charge < -0.3 is 15.3 Å². The summed E-state index contributed by atoms with van der Waals surface area (Å²) < 4.78 is 0. The standard InChI is InChI=1S/C14H26N2O3/c1-5-14(3,4)9-15-13(19)16-8-6-7-10(2)11(16)12(17)18/h10-11H,5-9H2,1-4H3,(H,15,19)(H,17,18). The van der Waals surface area contributed by atoms with Gasteiger partial charge in [-0.15, -0.1) is 0 Å². The Kier molecular flexibility index (Phi) is 5.20. The molecule has 0 aliphatic carbocycles. The zero-order chi connectivity index (χ0) is 14.6. The van der Waals surface area contributed by atoms with Gasteiger partial charge >= 0.3 is 12.0 Å². The summed E-state index contributed by atoms with van der Waals surface area (Å²) >= 11 is 0. The maximum atomic E-state index is 12.2. The largest absolute Gasteiger partial charge is 0.480 e. The van der Waals surface area contributed by atoms with Gasteiger partial charge in [0.25, 0.3) is 0 Å². The lowest BCUT2D eigenvalue weighted by Gasteiger charge is -2.37. The molecule has 2 unspecified atom stereocenters. The summed E-state index contributed by atoms with van der Waals surface area (Å²) in [6.07, 6.45) is 2.70. The molecule has 0 bridgehead atoms. The number of urea groups is 1. The number of carbonyl (C=O) groups excluding carboxylic acids is 1. The summed E-state index contributed by atoms with van der Waals surface area (Å²) in [7, 11) is 0. The number of carboxylic acid groups (broad SMARTS) is 1. The number of aliphatic carboxylic acids is 1. The van der Waals surface area contributed by atoms with Crippen LogP contribution in [-0.2, 0) is 4.79 Å². The van der Waals surface area contributed by atoms with Crippen molar-refractivity contribution in [2.24, 2.45) is 11.3 Å². The van der Waals surface area contributed by atoms with E-state index in [0.717, 1.165) is 19.3 Å². The molecule has 1 fully saturated rings. The first-order chi connectivity index (χ1) is 8.78. The number of hydrogen-bond donors (Lipinski definition) is 2. The molecule has 1 heterocycles. The van der Waals surface area contributed by atoms with E-state index in [9.17, 15) is 14.7 Å². The first-order valence-corrected chi connectivity index (χ1v) is 7.06. The van der Waals surface area contributed by atoms with Crippen molar-refractivity contribution in [1.29, 1.82) is 0 Å². The smallest absolute Gasteiger partial charge is 0.326 e. The number of piperidine rings is 1. The van der Waals surface area contributed by atoms with Crippen LogP contribution in [0, 0.1) is 11.3 Å². The summed E-state index contributed by atoms with van der Waals surface area (Å²) in [6, 6.07) is -0.945. The van der Waals surface area contributed by atoms with Gasteiger partial charge in [0.2, 0.25) is 0 Å². The minimum absolute atomic E-state index is 0.0104. The van der Waals surface area contributed by atoms with E-state index in [1.165, 1.54) is 4.90 Å². The van der Waals surface area contributed by atoms with Gasteiger partial charge in [0.05, 0.1) is 0 Å². The number of rotatable bonds is 4. The molecular formula is C14H26N2O3. The van der Waals surface area contributed by atoms with E-state index >= 15 is 0 Å². The topological polar surface area (TPSA) is 69.6 Å². The first kappa shape index (κ1) is 15.8. The lowest BCUT2D eigenvalue weighted by molar-refractivity contribution is -0.145. The van der Waals surface area contributed by atoms with Gasteiger partial charge in [-0.3, -0.25) is 0 Å². The zero-order valence-electron chi connectivity index (χ0n) is 12.4. The average Bonchev–Trinajstić information content (AvgIpc) is 2.35. The molecule has 1 rings (SSSR count). The van der Waals surface area contributed by atoms with Crippen LogP contribution in [0.4, 0.5) is 4.79 Å². The van der Waals surface area contributed by atoms with Gasteiger partial charge in [-0.25, -0.2) is 9.59 Å². The molecule has 1 aliphatic rings. The Balaban J connectivity index is 2.66. The van der Waals surface area contributed by atoms with Crippen molar-refractivity contribution >= 4 is 12.0 Å². The van der Waals surface area contributed by atoms with Gasteiger partial charge in [0, 0.05) is 13.1 Å². The summed E-state index contributed by atoms with van der Waals surface area (Å²) in [6.45, 7) is 9.24. The molecule has 0 radical (unpaired) electrons. The highest BCUT2D eigenvalue weighted by molar-refractivity contribution is 5.83. The summed E-state index contributed by atoms with van der Waals surface area (Å²) in [5, 5.41) is 12.2. The van der Waals surface area contributed by atoms with Crippen molar-refractivity contribution in [3.8, 4) is 0 Å². The summed E-state index contributed by atoms with van der Waals surface area (Å²) in [5.74, 6) is -0.895. The van der Waals surface area contributed by atoms with Gasteiger partial charge in [-0.1, -0.05) is 27.7 Å². The number of carbonyl (C=O) groups is 2. The number of amides is 2. The second kappa shape index (κ2) is 6.26. The lowest BCUT2D eigenvalue weighted by Crippen LogP contribution is -2.55. The van der Waals surface area contributed by atoms with Crippen molar-refractivity contribution in [2.45, 2.75) is 53.0 Å². The average molecular weight is 270 g/mol. The Morgan fingerprint density at radius 3 is 2.58 bits per heavy atom. The molecule has 5 nitrogen and oxygen atoms in total. The minimum Gasteiger partial charge on any atom is -0.480 e. The molecule has 0 aromatic carbocycles. The molecule has 0 aromatic rings. The Bertz CT molecular complexity index is 342. The number of nitrogens with one attached hydrogen (secondary N) is 1. The van der Waals surface area contributed by atoms with E-state index in [-0.39, 0.29) is 17.4 Å². The highest BCUT2D eigenvalue weighted by atomic mass is 16.4. The number of hydrogen-bond acceptors (Lipinski definition) is 2. The zero-order valence-corrected chi connectivity index (χ0v) is 12.4. The van der Waals surface area contributed by atoms with Crippen LogP contribution in [0.3, 0.4) is 0 Å². The van der Waals surface area contributed by atoms with Gasteiger partial charge in [-0.2, -0.15) is 0 Å². The van der Waals surface area contributed by atoms with E-state index in [4.69, 9.17) is 0 Å². The molecule has 1 aliphatic heterocycles. The van der Waals surface area contributed by atoms with Crippen LogP contribution in [0.2, 0.25) is 0 Å². The quantitative estimate of drug-likeness (QED) is 0.823. The predicted molar refractivity (Wildman–Crippen MR) is 74.0 cm³/mol. The third-order valence-electron chi connectivity index (χ3n) is 4.12. The monoisotopic (exact) mass is 270 g/mol. The second-order valence-corrected chi connectivity index (χ2v) is 6.27. The molecule has 1 saturated heterocycles. The molecule has 2 N–H and O–H groups in total. The van der Waals surface area contributed by atoms with Crippen molar-refractivity contribution in [2.75, 3.05) is 13.1 Å². The summed E-state index contributed by atoms with van der Waals surface area (Å²) in [4.78, 5) is 25.0. The third kappa shape index (κ3) is 4.11. The van der Waals surface area contributed by atoms with Crippen molar-refractivity contribution in [1.82, 2.24) is 10.2 Å². The number of likely N-dealkylation sites (tertiary alicyclic amines) is 1. The molecule has 110 valence electrons. The van der Waals surface area contributed by atoms with Crippen LogP contribution < -0.4 is 5.32 Å². The van der Waals surface area contributed by atoms with Crippen molar-refractivity contribution < 1.29 is 14.7 Å². The Morgan fingerprint density at radius 1 is 1.42 bits per heavy atom. The predicted octanol–water partition coefficient (Wildman–Crippen LogP) is 2.32. The number of carboxylic acids is 1. The molecule has 2 amide bonds. The van der Waals surface area contributed by atoms with E-state index in [2.05, 4.69) is 26.1 Å². The SMILES string of the molecule is CCC(C)(C)CNC(=O)N1CCCC(C)C1C(=O)O. The summed E-state index contributed by atoms with van der Waals surface area (Å²) in [5.41, 5.74) is 0.0375. The Labute approximate surface area is 115 Å². The molecule has 2 atom stereocenters. The van der Waals surface area contributed by atoms with Crippen molar-refractivity contribution in [3.63, 3.8) is 0 Å². The van der Waals surface area contributed by atoms with Crippen LogP contribution in [0.5, 0.6) is 0 Å². The Morgan fingerprint density at radius 2 is 2.05 bits per heavy atom. The first-order valence-electron chi connectivity index (χ1n) is 7.06. The molecule has 5 heteroatoms. The molecule has 0 saturated carbocycles. The molecular weight excluding hydrogens is 244 g/mol. The molecule has 0 spiro atoms. The van der Waals surface area contributed by atoms with E-state index in [0.29, 0.717) is 13.1 Å². The maximum absolute atomic E-state index is 12.2. The Hall–Kier alpha value is -1.26. The van der Waals surface area contributed by atoms with E-state index < -0.39 is 12.0 Å². The minimum atomic E-state index is -0.905. The molecule has 0 aromatic heterocycles.